The van der Waals surface area contributed by atoms with Gasteiger partial charge in [0, 0.05) is 25.7 Å². The number of carbonyl (C=O) groups is 4. The molecule has 0 radical (unpaired) electrons. The number of unbranched alkanes of at least 4 members (excludes halogenated alkanes) is 23. The predicted octanol–water partition coefficient (Wildman–Crippen LogP) is 24.0. The first-order chi connectivity index (χ1) is 51.7. The number of aliphatic hydroxyl groups excluding tert-OH is 1. The summed E-state index contributed by atoms with van der Waals surface area (Å²) < 4.78 is 68.5. The zero-order valence-corrected chi connectivity index (χ0v) is 67.8. The van der Waals surface area contributed by atoms with Gasteiger partial charge in [0.25, 0.3) is 0 Å². The minimum absolute atomic E-state index is 0.00863. The summed E-state index contributed by atoms with van der Waals surface area (Å²) in [7, 11) is -10.00. The van der Waals surface area contributed by atoms with Crippen molar-refractivity contribution in [1.29, 1.82) is 0 Å². The van der Waals surface area contributed by atoms with E-state index in [2.05, 4.69) is 174 Å². The summed E-state index contributed by atoms with van der Waals surface area (Å²) in [4.78, 5) is 73.0. The van der Waals surface area contributed by atoms with E-state index in [9.17, 15) is 43.2 Å². The van der Waals surface area contributed by atoms with E-state index in [0.717, 1.165) is 167 Å². The Morgan fingerprint density at radius 2 is 0.500 bits per heavy atom. The second kappa shape index (κ2) is 77.8. The number of hydrogen-bond donors (Lipinski definition) is 3. The number of ether oxygens (including phenoxy) is 4. The van der Waals surface area contributed by atoms with Gasteiger partial charge in [0.2, 0.25) is 0 Å². The summed E-state index contributed by atoms with van der Waals surface area (Å²) in [5.41, 5.74) is 0. The van der Waals surface area contributed by atoms with Crippen LogP contribution in [-0.2, 0) is 65.4 Å². The predicted molar refractivity (Wildman–Crippen MR) is 436 cm³/mol. The molecule has 106 heavy (non-hydrogen) atoms. The van der Waals surface area contributed by atoms with E-state index in [4.69, 9.17) is 37.0 Å². The summed E-state index contributed by atoms with van der Waals surface area (Å²) in [5, 5.41) is 10.6. The fraction of sp³-hybridized carbons (Fsp3) is 0.655. The molecule has 0 aromatic carbocycles. The summed E-state index contributed by atoms with van der Waals surface area (Å²) in [5.74, 6) is -2.30. The molecule has 0 bridgehead atoms. The van der Waals surface area contributed by atoms with E-state index in [1.165, 1.54) is 57.8 Å². The highest BCUT2D eigenvalue weighted by Gasteiger charge is 2.30. The van der Waals surface area contributed by atoms with Crippen LogP contribution < -0.4 is 0 Å². The topological polar surface area (TPSA) is 237 Å². The van der Waals surface area contributed by atoms with Crippen LogP contribution in [0.15, 0.2) is 158 Å². The average Bonchev–Trinajstić information content (AvgIpc) is 0.901. The number of phosphoric acid groups is 2. The average molecular weight is 1520 g/mol. The van der Waals surface area contributed by atoms with Crippen LogP contribution in [0, 0.1) is 0 Å². The molecule has 0 spiro atoms. The molecule has 0 heterocycles. The van der Waals surface area contributed by atoms with Crippen LogP contribution in [0.25, 0.3) is 0 Å². The van der Waals surface area contributed by atoms with E-state index in [1.54, 1.807) is 0 Å². The van der Waals surface area contributed by atoms with Gasteiger partial charge in [-0.15, -0.1) is 0 Å². The van der Waals surface area contributed by atoms with Crippen molar-refractivity contribution in [1.82, 2.24) is 0 Å². The lowest BCUT2D eigenvalue weighted by Crippen LogP contribution is -2.30. The molecule has 0 saturated carbocycles. The highest BCUT2D eigenvalue weighted by atomic mass is 31.2. The monoisotopic (exact) mass is 1520 g/mol. The van der Waals surface area contributed by atoms with Crippen molar-refractivity contribution in [2.75, 3.05) is 39.6 Å². The van der Waals surface area contributed by atoms with Gasteiger partial charge in [-0.05, 0) is 148 Å². The second-order valence-corrected chi connectivity index (χ2v) is 29.5. The first-order valence-electron chi connectivity index (χ1n) is 40.7. The molecule has 3 N–H and O–H groups in total. The Morgan fingerprint density at radius 3 is 0.821 bits per heavy atom. The molecular formula is C87H144O17P2. The van der Waals surface area contributed by atoms with Crippen LogP contribution in [0.3, 0.4) is 0 Å². The molecule has 0 aliphatic carbocycles. The third kappa shape index (κ3) is 76.9. The SMILES string of the molecule is CC/C=C\C/C=C\C/C=C\C/C=C\C/C=C\CCCCCC(=O)OCC(COP(=O)(O)OCC(O)COP(=O)(O)OCC(COC(=O)CCCCCCCC/C=C\C/C=C\C/C=C\CCCCC)OC(=O)CCC/C=C\C/C=C\C/C=C\C/C=C\C/C=C\CC)OC(=O)CCCCCCCCCCCCC. The maximum atomic E-state index is 13.1. The Bertz CT molecular complexity index is 2630. The zero-order valence-electron chi connectivity index (χ0n) is 66.1. The molecule has 0 saturated heterocycles. The van der Waals surface area contributed by atoms with Crippen molar-refractivity contribution in [3.8, 4) is 0 Å². The van der Waals surface area contributed by atoms with Crippen LogP contribution in [0.2, 0.25) is 0 Å². The lowest BCUT2D eigenvalue weighted by Gasteiger charge is -2.21. The van der Waals surface area contributed by atoms with Gasteiger partial charge in [0.15, 0.2) is 12.2 Å². The molecule has 5 atom stereocenters. The first kappa shape index (κ1) is 101. The molecule has 5 unspecified atom stereocenters. The number of aliphatic hydroxyl groups is 1. The highest BCUT2D eigenvalue weighted by Crippen LogP contribution is 2.45. The van der Waals surface area contributed by atoms with Gasteiger partial charge in [-0.25, -0.2) is 9.13 Å². The number of rotatable bonds is 75. The minimum Gasteiger partial charge on any atom is -0.462 e. The van der Waals surface area contributed by atoms with E-state index < -0.39 is 97.5 Å². The van der Waals surface area contributed by atoms with E-state index in [1.807, 2.05) is 12.2 Å². The molecule has 19 heteroatoms. The third-order valence-electron chi connectivity index (χ3n) is 16.5. The number of esters is 4. The van der Waals surface area contributed by atoms with Crippen LogP contribution in [0.4, 0.5) is 0 Å². The Hall–Kier alpha value is -5.32. The van der Waals surface area contributed by atoms with Crippen molar-refractivity contribution in [3.63, 3.8) is 0 Å². The van der Waals surface area contributed by atoms with Crippen LogP contribution >= 0.6 is 15.6 Å². The van der Waals surface area contributed by atoms with Gasteiger partial charge in [-0.2, -0.15) is 0 Å². The van der Waals surface area contributed by atoms with Crippen LogP contribution in [0.5, 0.6) is 0 Å². The maximum Gasteiger partial charge on any atom is 0.472 e. The number of phosphoric ester groups is 2. The van der Waals surface area contributed by atoms with Gasteiger partial charge in [0.1, 0.15) is 19.3 Å². The highest BCUT2D eigenvalue weighted by molar-refractivity contribution is 7.47. The molecule has 604 valence electrons. The molecule has 0 aliphatic heterocycles. The molecule has 0 aliphatic rings. The maximum absolute atomic E-state index is 13.1. The minimum atomic E-state index is -5.00. The third-order valence-corrected chi connectivity index (χ3v) is 18.4. The molecule has 17 nitrogen and oxygen atoms in total. The van der Waals surface area contributed by atoms with Gasteiger partial charge in [0.05, 0.1) is 26.4 Å². The summed E-state index contributed by atoms with van der Waals surface area (Å²) >= 11 is 0. The Morgan fingerprint density at radius 1 is 0.274 bits per heavy atom. The normalized spacial score (nSPS) is 14.7. The smallest absolute Gasteiger partial charge is 0.462 e. The fourth-order valence-electron chi connectivity index (χ4n) is 10.3. The molecule has 0 aromatic heterocycles. The molecule has 0 aromatic rings. The fourth-order valence-corrected chi connectivity index (χ4v) is 11.9. The van der Waals surface area contributed by atoms with Crippen molar-refractivity contribution >= 4 is 39.5 Å². The number of carbonyl (C=O) groups excluding carboxylic acids is 4. The molecule has 0 fully saturated rings. The second-order valence-electron chi connectivity index (χ2n) is 26.6. The Labute approximate surface area is 642 Å². The molecule has 0 rings (SSSR count). The lowest BCUT2D eigenvalue weighted by atomic mass is 10.1. The van der Waals surface area contributed by atoms with Gasteiger partial charge < -0.3 is 33.8 Å². The summed E-state index contributed by atoms with van der Waals surface area (Å²) in [6.07, 6.45) is 90.9. The molecule has 0 amide bonds. The van der Waals surface area contributed by atoms with Crippen molar-refractivity contribution in [2.45, 2.75) is 329 Å². The number of allylic oxidation sites excluding steroid dienone is 26. The van der Waals surface area contributed by atoms with Gasteiger partial charge >= 0.3 is 39.5 Å². The van der Waals surface area contributed by atoms with Crippen LogP contribution in [-0.4, -0.2) is 96.7 Å². The Balaban J connectivity index is 5.43. The first-order valence-corrected chi connectivity index (χ1v) is 43.7. The van der Waals surface area contributed by atoms with E-state index >= 15 is 0 Å². The van der Waals surface area contributed by atoms with Gasteiger partial charge in [-0.1, -0.05) is 295 Å². The Kier molecular flexibility index (Phi) is 73.9. The van der Waals surface area contributed by atoms with E-state index in [-0.39, 0.29) is 25.7 Å². The summed E-state index contributed by atoms with van der Waals surface area (Å²) in [6, 6.07) is 0. The lowest BCUT2D eigenvalue weighted by molar-refractivity contribution is -0.161. The quantitative estimate of drug-likeness (QED) is 0.0169. The van der Waals surface area contributed by atoms with Gasteiger partial charge in [-0.3, -0.25) is 37.3 Å². The summed E-state index contributed by atoms with van der Waals surface area (Å²) in [6.45, 7) is 4.50. The molecular weight excluding hydrogens is 1380 g/mol. The van der Waals surface area contributed by atoms with Crippen LogP contribution in [0.1, 0.15) is 310 Å². The zero-order chi connectivity index (χ0) is 77.4. The standard InChI is InChI=1S/C87H144O17P2/c1-5-9-13-17-21-25-29-32-35-38-40-43-45-48-52-55-59-63-67-71-84(89)97-77-82(103-86(91)73-69-65-61-57-51-28-24-20-16-12-8-4)79-101-105(93,94)99-75-81(88)76-100-106(95,96)102-80-83(104-87(92)74-70-66-62-58-54-50-47-42-37-34-31-27-23-19-15-11-7-3)78-98-85(90)72-68-64-60-56-53-49-46-44-41-39-36-33-30-26-22-18-14-10-6-2/h9,11,13,15,21-23,25-27,32-37,40-41,43-44,47-48,50,52,58,62,81-83,88H,5-8,10,12,14,16-20,24,28-31,38-39,42,45-46,49,51,53-57,59-61,63-80H2,1-4H3,(H,93,94)(H,95,96)/b13-9-,15-11-,25-21-,26-22-,27-23-,35-32-,36-33-,37-34-,43-40-,44-41-,50-47-,52-48-,62-58-. The van der Waals surface area contributed by atoms with Crippen molar-refractivity contribution in [2.24, 2.45) is 0 Å². The van der Waals surface area contributed by atoms with Crippen molar-refractivity contribution < 1.29 is 80.2 Å². The number of hydrogen-bond acceptors (Lipinski definition) is 15. The van der Waals surface area contributed by atoms with Crippen molar-refractivity contribution in [3.05, 3.63) is 158 Å². The van der Waals surface area contributed by atoms with E-state index in [0.29, 0.717) is 32.1 Å². The largest absolute Gasteiger partial charge is 0.472 e.